The number of hydrogen-bond acceptors (Lipinski definition) is 4. The molecule has 0 spiro atoms. The molecule has 1 saturated heterocycles. The maximum Gasteiger partial charge on any atom is 0.269 e. The van der Waals surface area contributed by atoms with Gasteiger partial charge in [-0.2, -0.15) is 0 Å². The van der Waals surface area contributed by atoms with Crippen LogP contribution in [0.3, 0.4) is 0 Å². The minimum Gasteiger partial charge on any atom is -0.326 e. The molecular formula is C18H15ClFN3O4. The van der Waals surface area contributed by atoms with E-state index in [0.717, 1.165) is 0 Å². The minimum absolute atomic E-state index is 0.00680. The largest absolute Gasteiger partial charge is 0.326 e. The van der Waals surface area contributed by atoms with Gasteiger partial charge in [0.2, 0.25) is 11.8 Å². The molecule has 27 heavy (non-hydrogen) atoms. The molecule has 2 aromatic carbocycles. The Hall–Kier alpha value is -3.00. The number of carbonyl (C=O) groups excluding carboxylic acids is 2. The zero-order chi connectivity index (χ0) is 19.7. The number of halogens is 2. The van der Waals surface area contributed by atoms with Crippen LogP contribution in [0.4, 0.5) is 21.5 Å². The molecule has 2 amide bonds. The summed E-state index contributed by atoms with van der Waals surface area (Å²) >= 11 is 5.76. The highest BCUT2D eigenvalue weighted by atomic mass is 35.5. The van der Waals surface area contributed by atoms with Crippen LogP contribution < -0.4 is 10.2 Å². The third kappa shape index (κ3) is 3.90. The number of aryl methyl sites for hydroxylation is 1. The van der Waals surface area contributed by atoms with Crippen LogP contribution in [0.5, 0.6) is 0 Å². The van der Waals surface area contributed by atoms with Crippen LogP contribution in [-0.4, -0.2) is 23.3 Å². The highest BCUT2D eigenvalue weighted by Crippen LogP contribution is 2.29. The van der Waals surface area contributed by atoms with Crippen molar-refractivity contribution in [2.75, 3.05) is 16.8 Å². The highest BCUT2D eigenvalue weighted by molar-refractivity contribution is 6.31. The first-order chi connectivity index (χ1) is 12.8. The summed E-state index contributed by atoms with van der Waals surface area (Å²) in [5.41, 5.74) is 1.35. The van der Waals surface area contributed by atoms with E-state index in [1.54, 1.807) is 6.92 Å². The summed E-state index contributed by atoms with van der Waals surface area (Å²) in [7, 11) is 0. The van der Waals surface area contributed by atoms with Gasteiger partial charge in [0.05, 0.1) is 15.9 Å². The third-order valence-electron chi connectivity index (χ3n) is 4.39. The Morgan fingerprint density at radius 1 is 1.33 bits per heavy atom. The quantitative estimate of drug-likeness (QED) is 0.635. The second-order valence-corrected chi connectivity index (χ2v) is 6.66. The van der Waals surface area contributed by atoms with Crippen molar-refractivity contribution in [2.45, 2.75) is 13.3 Å². The van der Waals surface area contributed by atoms with Crippen molar-refractivity contribution < 1.29 is 18.9 Å². The van der Waals surface area contributed by atoms with E-state index >= 15 is 0 Å². The number of anilines is 2. The summed E-state index contributed by atoms with van der Waals surface area (Å²) in [4.78, 5) is 36.4. The van der Waals surface area contributed by atoms with Crippen molar-refractivity contribution in [1.82, 2.24) is 0 Å². The van der Waals surface area contributed by atoms with Crippen molar-refractivity contribution in [3.05, 3.63) is 62.9 Å². The van der Waals surface area contributed by atoms with Gasteiger partial charge in [0.1, 0.15) is 5.82 Å². The standard InChI is InChI=1S/C18H15ClFN3O4/c1-10-6-13(23(26)27)3-5-16(10)21-18(25)11-7-17(24)22(9-11)12-2-4-15(20)14(19)8-12/h2-6,8,11H,7,9H2,1H3,(H,21,25). The summed E-state index contributed by atoms with van der Waals surface area (Å²) in [6.07, 6.45) is 0.00680. The molecule has 2 aromatic rings. The minimum atomic E-state index is -0.601. The predicted octanol–water partition coefficient (Wildman–Crippen LogP) is 3.69. The van der Waals surface area contributed by atoms with Gasteiger partial charge in [-0.05, 0) is 36.8 Å². The predicted molar refractivity (Wildman–Crippen MR) is 98.3 cm³/mol. The molecule has 0 radical (unpaired) electrons. The molecule has 1 fully saturated rings. The monoisotopic (exact) mass is 391 g/mol. The van der Waals surface area contributed by atoms with Crippen LogP contribution in [0.2, 0.25) is 5.02 Å². The fraction of sp³-hybridized carbons (Fsp3) is 0.222. The molecule has 9 heteroatoms. The Kier molecular flexibility index (Phi) is 5.09. The number of benzene rings is 2. The first kappa shape index (κ1) is 18.8. The molecule has 1 aliphatic heterocycles. The maximum atomic E-state index is 13.3. The van der Waals surface area contributed by atoms with E-state index in [2.05, 4.69) is 5.32 Å². The van der Waals surface area contributed by atoms with Gasteiger partial charge in [0, 0.05) is 36.5 Å². The third-order valence-corrected chi connectivity index (χ3v) is 4.68. The van der Waals surface area contributed by atoms with E-state index < -0.39 is 16.7 Å². The molecule has 7 nitrogen and oxygen atoms in total. The Balaban J connectivity index is 1.72. The van der Waals surface area contributed by atoms with Crippen LogP contribution in [0.15, 0.2) is 36.4 Å². The van der Waals surface area contributed by atoms with Gasteiger partial charge in [-0.15, -0.1) is 0 Å². The lowest BCUT2D eigenvalue weighted by Crippen LogP contribution is -2.28. The zero-order valence-corrected chi connectivity index (χ0v) is 15.0. The average molecular weight is 392 g/mol. The Bertz CT molecular complexity index is 950. The first-order valence-corrected chi connectivity index (χ1v) is 8.45. The summed E-state index contributed by atoms with van der Waals surface area (Å²) in [5.74, 6) is -1.82. The van der Waals surface area contributed by atoms with Gasteiger partial charge in [0.15, 0.2) is 0 Å². The van der Waals surface area contributed by atoms with E-state index in [0.29, 0.717) is 16.9 Å². The first-order valence-electron chi connectivity index (χ1n) is 8.07. The van der Waals surface area contributed by atoms with Crippen molar-refractivity contribution in [2.24, 2.45) is 5.92 Å². The number of nitrogens with zero attached hydrogens (tertiary/aromatic N) is 2. The van der Waals surface area contributed by atoms with Crippen molar-refractivity contribution in [3.8, 4) is 0 Å². The van der Waals surface area contributed by atoms with Gasteiger partial charge in [-0.25, -0.2) is 4.39 Å². The second-order valence-electron chi connectivity index (χ2n) is 6.25. The van der Waals surface area contributed by atoms with Crippen molar-refractivity contribution >= 4 is 40.5 Å². The van der Waals surface area contributed by atoms with E-state index in [-0.39, 0.29) is 35.5 Å². The lowest BCUT2D eigenvalue weighted by Gasteiger charge is -2.17. The van der Waals surface area contributed by atoms with Crippen molar-refractivity contribution in [1.29, 1.82) is 0 Å². The molecule has 0 aromatic heterocycles. The topological polar surface area (TPSA) is 92.5 Å². The number of carbonyl (C=O) groups is 2. The molecule has 1 N–H and O–H groups in total. The molecular weight excluding hydrogens is 377 g/mol. The van der Waals surface area contributed by atoms with E-state index in [4.69, 9.17) is 11.6 Å². The Morgan fingerprint density at radius 2 is 2.07 bits per heavy atom. The van der Waals surface area contributed by atoms with E-state index in [1.165, 1.54) is 41.3 Å². The summed E-state index contributed by atoms with van der Waals surface area (Å²) in [6, 6.07) is 8.06. The van der Waals surface area contributed by atoms with Crippen LogP contribution in [-0.2, 0) is 9.59 Å². The van der Waals surface area contributed by atoms with Crippen molar-refractivity contribution in [3.63, 3.8) is 0 Å². The number of nitro groups is 1. The summed E-state index contributed by atoms with van der Waals surface area (Å²) < 4.78 is 13.3. The van der Waals surface area contributed by atoms with Gasteiger partial charge >= 0.3 is 0 Å². The normalized spacial score (nSPS) is 16.5. The van der Waals surface area contributed by atoms with Gasteiger partial charge < -0.3 is 10.2 Å². The smallest absolute Gasteiger partial charge is 0.269 e. The Morgan fingerprint density at radius 3 is 2.70 bits per heavy atom. The lowest BCUT2D eigenvalue weighted by molar-refractivity contribution is -0.384. The second kappa shape index (κ2) is 7.32. The van der Waals surface area contributed by atoms with Crippen LogP contribution in [0.25, 0.3) is 0 Å². The molecule has 1 atom stereocenters. The molecule has 0 saturated carbocycles. The van der Waals surface area contributed by atoms with Crippen LogP contribution in [0.1, 0.15) is 12.0 Å². The van der Waals surface area contributed by atoms with Gasteiger partial charge in [-0.3, -0.25) is 19.7 Å². The Labute approximate surface area is 158 Å². The van der Waals surface area contributed by atoms with Crippen LogP contribution >= 0.6 is 11.6 Å². The van der Waals surface area contributed by atoms with E-state index in [1.807, 2.05) is 0 Å². The molecule has 1 aliphatic rings. The number of amides is 2. The maximum absolute atomic E-state index is 13.3. The zero-order valence-electron chi connectivity index (χ0n) is 14.2. The molecule has 0 aliphatic carbocycles. The lowest BCUT2D eigenvalue weighted by atomic mass is 10.1. The molecule has 0 bridgehead atoms. The summed E-state index contributed by atoms with van der Waals surface area (Å²) in [6.45, 7) is 1.79. The van der Waals surface area contributed by atoms with E-state index in [9.17, 15) is 24.1 Å². The van der Waals surface area contributed by atoms with Crippen LogP contribution in [0, 0.1) is 28.8 Å². The molecule has 1 heterocycles. The van der Waals surface area contributed by atoms with Gasteiger partial charge in [0.25, 0.3) is 5.69 Å². The van der Waals surface area contributed by atoms with Gasteiger partial charge in [-0.1, -0.05) is 11.6 Å². The number of non-ortho nitro benzene ring substituents is 1. The fourth-order valence-electron chi connectivity index (χ4n) is 2.92. The molecule has 1 unspecified atom stereocenters. The SMILES string of the molecule is Cc1cc([N+](=O)[O-])ccc1NC(=O)C1CC(=O)N(c2ccc(F)c(Cl)c2)C1. The number of nitro benzene ring substituents is 1. The highest BCUT2D eigenvalue weighted by Gasteiger charge is 2.35. The number of nitrogens with one attached hydrogen (secondary N) is 1. The number of hydrogen-bond donors (Lipinski definition) is 1. The summed E-state index contributed by atoms with van der Waals surface area (Å²) in [5, 5.41) is 13.4. The molecule has 140 valence electrons. The average Bonchev–Trinajstić information content (AvgIpc) is 3.01. The number of rotatable bonds is 4. The fourth-order valence-corrected chi connectivity index (χ4v) is 3.10. The molecule has 3 rings (SSSR count).